The Bertz CT molecular complexity index is 2380. The molecule has 3 aromatic carbocycles. The van der Waals surface area contributed by atoms with Gasteiger partial charge >= 0.3 is 0 Å². The van der Waals surface area contributed by atoms with E-state index in [2.05, 4.69) is 10.3 Å². The van der Waals surface area contributed by atoms with Crippen molar-refractivity contribution in [3.8, 4) is 22.8 Å². The first-order valence-corrected chi connectivity index (χ1v) is 23.0. The molecule has 9 N–H and O–H groups in total. The number of aliphatic imine (C=N–C) groups is 1. The van der Waals surface area contributed by atoms with Crippen molar-refractivity contribution in [3.63, 3.8) is 0 Å². The second-order valence-corrected chi connectivity index (χ2v) is 16.1. The number of benzene rings is 3. The van der Waals surface area contributed by atoms with Gasteiger partial charge in [-0.1, -0.05) is 30.3 Å². The van der Waals surface area contributed by atoms with Crippen LogP contribution in [0.25, 0.3) is 11.3 Å². The monoisotopic (exact) mass is 967 g/mol. The molecular formula is C49H65N11O10. The number of nitrogen functional groups attached to an aromatic ring is 1. The van der Waals surface area contributed by atoms with Gasteiger partial charge in [0.1, 0.15) is 47.1 Å². The molecule has 2 unspecified atom stereocenters. The van der Waals surface area contributed by atoms with Gasteiger partial charge in [-0.25, -0.2) is 10.5 Å². The van der Waals surface area contributed by atoms with E-state index < -0.39 is 11.9 Å². The van der Waals surface area contributed by atoms with Gasteiger partial charge in [0.25, 0.3) is 11.8 Å². The van der Waals surface area contributed by atoms with Crippen molar-refractivity contribution in [3.05, 3.63) is 101 Å². The molecule has 2 amide bonds. The first kappa shape index (κ1) is 53.8. The van der Waals surface area contributed by atoms with E-state index in [4.69, 9.17) is 51.8 Å². The lowest BCUT2D eigenvalue weighted by Gasteiger charge is -2.33. The number of hydrogen-bond acceptors (Lipinski definition) is 17. The molecule has 4 aromatic rings. The van der Waals surface area contributed by atoms with E-state index in [1.807, 2.05) is 54.6 Å². The quantitative estimate of drug-likeness (QED) is 0.00955. The number of carbonyl (C=O) groups is 5. The number of aromatic nitrogens is 2. The predicted octanol–water partition coefficient (Wildman–Crippen LogP) is 3.01. The number of rotatable bonds is 30. The van der Waals surface area contributed by atoms with Crippen LogP contribution in [0.1, 0.15) is 58.0 Å². The smallest absolute Gasteiger partial charge is 0.271 e. The van der Waals surface area contributed by atoms with Crippen LogP contribution in [0.4, 0.5) is 11.5 Å². The largest absolute Gasteiger partial charge is 0.457 e. The second kappa shape index (κ2) is 28.4. The van der Waals surface area contributed by atoms with Gasteiger partial charge in [0.15, 0.2) is 6.29 Å². The highest BCUT2D eigenvalue weighted by atomic mass is 16.6. The lowest BCUT2D eigenvalue weighted by atomic mass is 10.0. The number of likely N-dealkylation sites (N-methyl/N-ethyl adjacent to an activating group) is 1. The SMILES string of the molecule is CN=C(N)c1c(-c2ccc(Oc3ccccc3)cc2)nn(C2CCCN(C(=O)/C(N)=C/N(N)CCOCCOCCOCCOCCNc3cccc(C=O)c3C(=O)N(C)C(C=O)CCC=O)C2)c1N. The number of amidine groups is 1. The zero-order valence-electron chi connectivity index (χ0n) is 39.8. The van der Waals surface area contributed by atoms with Crippen molar-refractivity contribution >= 4 is 48.0 Å². The van der Waals surface area contributed by atoms with Gasteiger partial charge in [-0.05, 0) is 61.7 Å². The topological polar surface area (TPSA) is 288 Å². The Morgan fingerprint density at radius 1 is 0.871 bits per heavy atom. The average molecular weight is 968 g/mol. The van der Waals surface area contributed by atoms with E-state index in [-0.39, 0.29) is 60.6 Å². The number of aldehydes is 3. The summed E-state index contributed by atoms with van der Waals surface area (Å²) in [4.78, 5) is 68.0. The molecule has 0 saturated carbocycles. The van der Waals surface area contributed by atoms with E-state index in [9.17, 15) is 24.0 Å². The highest BCUT2D eigenvalue weighted by Crippen LogP contribution is 2.34. The molecule has 1 fully saturated rings. The average Bonchev–Trinajstić information content (AvgIpc) is 3.73. The van der Waals surface area contributed by atoms with E-state index in [0.29, 0.717) is 120 Å². The summed E-state index contributed by atoms with van der Waals surface area (Å²) in [6.45, 7) is 3.99. The number of anilines is 2. The van der Waals surface area contributed by atoms with Gasteiger partial charge < -0.3 is 70.6 Å². The molecule has 2 heterocycles. The lowest BCUT2D eigenvalue weighted by Crippen LogP contribution is -2.43. The Balaban J connectivity index is 0.954. The molecule has 1 saturated heterocycles. The molecule has 21 nitrogen and oxygen atoms in total. The van der Waals surface area contributed by atoms with Crippen LogP contribution in [-0.4, -0.2) is 160 Å². The summed E-state index contributed by atoms with van der Waals surface area (Å²) < 4.78 is 30.1. The molecule has 376 valence electrons. The molecule has 1 aliphatic heterocycles. The van der Waals surface area contributed by atoms with Crippen LogP contribution in [0.5, 0.6) is 11.5 Å². The van der Waals surface area contributed by atoms with Crippen LogP contribution in [0.3, 0.4) is 0 Å². The molecule has 5 rings (SSSR count). The third-order valence-corrected chi connectivity index (χ3v) is 11.3. The molecule has 1 aliphatic rings. The fourth-order valence-electron chi connectivity index (χ4n) is 7.58. The number of piperidine rings is 1. The normalized spacial score (nSPS) is 14.4. The van der Waals surface area contributed by atoms with Crippen molar-refractivity contribution in [2.75, 3.05) is 104 Å². The molecule has 21 heteroatoms. The maximum Gasteiger partial charge on any atom is 0.271 e. The zero-order valence-corrected chi connectivity index (χ0v) is 39.8. The molecule has 2 atom stereocenters. The second-order valence-electron chi connectivity index (χ2n) is 16.1. The van der Waals surface area contributed by atoms with Gasteiger partial charge in [-0.15, -0.1) is 0 Å². The van der Waals surface area contributed by atoms with Crippen molar-refractivity contribution in [1.29, 1.82) is 0 Å². The Labute approximate surface area is 407 Å². The molecular weight excluding hydrogens is 903 g/mol. The number of hydrazine groups is 1. The number of hydrogen-bond donors (Lipinski definition) is 5. The van der Waals surface area contributed by atoms with Crippen molar-refractivity contribution in [2.45, 2.75) is 37.8 Å². The Kier molecular flexibility index (Phi) is 21.8. The van der Waals surface area contributed by atoms with Crippen LogP contribution >= 0.6 is 0 Å². The summed E-state index contributed by atoms with van der Waals surface area (Å²) in [6.07, 6.45) is 5.01. The number of nitrogens with two attached hydrogens (primary N) is 4. The Morgan fingerprint density at radius 3 is 2.17 bits per heavy atom. The fourth-order valence-corrected chi connectivity index (χ4v) is 7.58. The maximum atomic E-state index is 13.5. The summed E-state index contributed by atoms with van der Waals surface area (Å²) in [6, 6.07) is 20.7. The number of nitrogens with zero attached hydrogens (tertiary/aromatic N) is 6. The Morgan fingerprint density at radius 2 is 1.53 bits per heavy atom. The number of amides is 2. The lowest BCUT2D eigenvalue weighted by molar-refractivity contribution is -0.129. The third-order valence-electron chi connectivity index (χ3n) is 11.3. The molecule has 0 radical (unpaired) electrons. The molecule has 0 aliphatic carbocycles. The fraction of sp³-hybridized carbons (Fsp3) is 0.408. The minimum absolute atomic E-state index is 0.0181. The molecule has 0 spiro atoms. The standard InChI is InChI=1S/C49H65N11O10/c1-54-46(51)44-45(35-15-17-40(18-16-35)70-39-12-4-3-5-13-39)56-60(47(44)52)37-10-7-20-58(31-37)48(64)41(50)32-59(53)21-24-67-26-28-69-30-29-68-27-25-66-23-19-55-42-14-6-9-36(33-62)43(42)49(65)57(2)38(34-63)11-8-22-61/h3-6,9,12-18,22,32-34,37-38,55H,7-8,10-11,19-21,23-31,50,52-53H2,1-2H3,(H2,51,54)/b41-32-. The van der Waals surface area contributed by atoms with E-state index in [1.54, 1.807) is 28.8 Å². The highest BCUT2D eigenvalue weighted by molar-refractivity contribution is 6.07. The summed E-state index contributed by atoms with van der Waals surface area (Å²) >= 11 is 0. The number of likely N-dealkylation sites (tertiary alicyclic amines) is 1. The van der Waals surface area contributed by atoms with Crippen LogP contribution in [0.15, 0.2) is 89.7 Å². The molecule has 1 aromatic heterocycles. The van der Waals surface area contributed by atoms with Gasteiger partial charge in [-0.3, -0.25) is 19.4 Å². The van der Waals surface area contributed by atoms with E-state index in [0.717, 1.165) is 17.7 Å². The molecule has 70 heavy (non-hydrogen) atoms. The molecule has 0 bridgehead atoms. The number of nitrogens with one attached hydrogen (secondary N) is 1. The summed E-state index contributed by atoms with van der Waals surface area (Å²) in [7, 11) is 3.05. The van der Waals surface area contributed by atoms with E-state index >= 15 is 0 Å². The number of ether oxygens (including phenoxy) is 5. The van der Waals surface area contributed by atoms with Gasteiger partial charge in [0.2, 0.25) is 0 Å². The van der Waals surface area contributed by atoms with Crippen molar-refractivity contribution in [2.24, 2.45) is 22.3 Å². The number of carbonyl (C=O) groups excluding carboxylic acids is 5. The minimum atomic E-state index is -0.804. The third kappa shape index (κ3) is 15.4. The van der Waals surface area contributed by atoms with Crippen LogP contribution in [-0.2, 0) is 33.3 Å². The minimum Gasteiger partial charge on any atom is -0.457 e. The highest BCUT2D eigenvalue weighted by Gasteiger charge is 2.31. The summed E-state index contributed by atoms with van der Waals surface area (Å²) in [5.41, 5.74) is 21.9. The van der Waals surface area contributed by atoms with Crippen LogP contribution < -0.4 is 33.1 Å². The Hall–Kier alpha value is -7.17. The van der Waals surface area contributed by atoms with Gasteiger partial charge in [0.05, 0.1) is 82.6 Å². The van der Waals surface area contributed by atoms with E-state index in [1.165, 1.54) is 29.2 Å². The van der Waals surface area contributed by atoms with Crippen molar-refractivity contribution in [1.82, 2.24) is 24.6 Å². The van der Waals surface area contributed by atoms with Gasteiger partial charge in [-0.2, -0.15) is 5.10 Å². The first-order chi connectivity index (χ1) is 34.0. The zero-order chi connectivity index (χ0) is 50.3. The van der Waals surface area contributed by atoms with Crippen LogP contribution in [0.2, 0.25) is 0 Å². The first-order valence-electron chi connectivity index (χ1n) is 23.0. The summed E-state index contributed by atoms with van der Waals surface area (Å²) in [5.74, 6) is 7.24. The van der Waals surface area contributed by atoms with Crippen molar-refractivity contribution < 1.29 is 47.7 Å². The van der Waals surface area contributed by atoms with Crippen LogP contribution in [0, 0.1) is 0 Å². The maximum absolute atomic E-state index is 13.5. The summed E-state index contributed by atoms with van der Waals surface area (Å²) in [5, 5.41) is 9.34. The number of para-hydroxylation sites is 1. The van der Waals surface area contributed by atoms with Gasteiger partial charge in [0, 0.05) is 63.2 Å². The predicted molar refractivity (Wildman–Crippen MR) is 264 cm³/mol.